The zero-order chi connectivity index (χ0) is 13.7. The summed E-state index contributed by atoms with van der Waals surface area (Å²) >= 11 is 1.45. The summed E-state index contributed by atoms with van der Waals surface area (Å²) in [6, 6.07) is 3.87. The van der Waals surface area contributed by atoms with Crippen molar-refractivity contribution in [1.82, 2.24) is 19.9 Å². The van der Waals surface area contributed by atoms with E-state index in [1.165, 1.54) is 11.8 Å². The fourth-order valence-electron chi connectivity index (χ4n) is 1.58. The van der Waals surface area contributed by atoms with Gasteiger partial charge >= 0.3 is 0 Å². The third-order valence-electron chi connectivity index (χ3n) is 2.36. The van der Waals surface area contributed by atoms with Gasteiger partial charge < -0.3 is 5.32 Å². The van der Waals surface area contributed by atoms with Gasteiger partial charge in [0.15, 0.2) is 5.16 Å². The molecule has 0 aliphatic rings. The Hall–Kier alpha value is -1.69. The number of anilines is 1. The minimum Gasteiger partial charge on any atom is -0.370 e. The van der Waals surface area contributed by atoms with Gasteiger partial charge in [-0.1, -0.05) is 6.92 Å². The summed E-state index contributed by atoms with van der Waals surface area (Å²) in [5.41, 5.74) is 1.93. The largest absolute Gasteiger partial charge is 0.370 e. The highest BCUT2D eigenvalue weighted by Gasteiger charge is 2.05. The molecule has 0 aliphatic carbocycles. The van der Waals surface area contributed by atoms with Crippen molar-refractivity contribution in [2.24, 2.45) is 0 Å². The summed E-state index contributed by atoms with van der Waals surface area (Å²) in [6.45, 7) is 6.95. The molecule has 0 amide bonds. The van der Waals surface area contributed by atoms with Crippen molar-refractivity contribution < 1.29 is 0 Å². The summed E-state index contributed by atoms with van der Waals surface area (Å²) in [7, 11) is 0. The van der Waals surface area contributed by atoms with Crippen molar-refractivity contribution in [3.05, 3.63) is 29.8 Å². The molecule has 6 heteroatoms. The Morgan fingerprint density at radius 2 is 1.84 bits per heavy atom. The lowest BCUT2D eigenvalue weighted by Crippen LogP contribution is -2.02. The van der Waals surface area contributed by atoms with E-state index < -0.39 is 0 Å². The van der Waals surface area contributed by atoms with E-state index in [1.807, 2.05) is 26.0 Å². The molecule has 2 rings (SSSR count). The summed E-state index contributed by atoms with van der Waals surface area (Å²) in [4.78, 5) is 17.2. The molecule has 0 saturated heterocycles. The van der Waals surface area contributed by atoms with Gasteiger partial charge in [-0.05, 0) is 38.1 Å². The molecule has 0 radical (unpaired) electrons. The molecule has 0 atom stereocenters. The van der Waals surface area contributed by atoms with Gasteiger partial charge in [-0.2, -0.15) is 0 Å². The summed E-state index contributed by atoms with van der Waals surface area (Å²) < 4.78 is 0. The molecule has 100 valence electrons. The topological polar surface area (TPSA) is 63.6 Å². The van der Waals surface area contributed by atoms with Crippen molar-refractivity contribution in [2.45, 2.75) is 37.4 Å². The summed E-state index contributed by atoms with van der Waals surface area (Å²) in [5.74, 6) is 0.837. The van der Waals surface area contributed by atoms with Crippen LogP contribution in [-0.4, -0.2) is 26.5 Å². The maximum absolute atomic E-state index is 4.39. The molecular formula is C13H17N5S. The molecule has 2 heterocycles. The lowest BCUT2D eigenvalue weighted by Gasteiger charge is -2.05. The normalized spacial score (nSPS) is 10.5. The van der Waals surface area contributed by atoms with Gasteiger partial charge in [0.2, 0.25) is 0 Å². The van der Waals surface area contributed by atoms with Crippen LogP contribution in [0.25, 0.3) is 0 Å². The monoisotopic (exact) mass is 275 g/mol. The van der Waals surface area contributed by atoms with Crippen LogP contribution in [0.15, 0.2) is 28.6 Å². The van der Waals surface area contributed by atoms with Gasteiger partial charge in [0.1, 0.15) is 17.2 Å². The van der Waals surface area contributed by atoms with Crippen LogP contribution in [0, 0.1) is 13.8 Å². The zero-order valence-electron chi connectivity index (χ0n) is 11.3. The van der Waals surface area contributed by atoms with Crippen LogP contribution in [-0.2, 0) is 0 Å². The van der Waals surface area contributed by atoms with Crippen molar-refractivity contribution in [3.8, 4) is 0 Å². The van der Waals surface area contributed by atoms with E-state index in [4.69, 9.17) is 0 Å². The van der Waals surface area contributed by atoms with E-state index in [-0.39, 0.29) is 0 Å². The lowest BCUT2D eigenvalue weighted by atomic mass is 10.4. The molecule has 0 unspecified atom stereocenters. The van der Waals surface area contributed by atoms with Crippen LogP contribution in [0.2, 0.25) is 0 Å². The van der Waals surface area contributed by atoms with Crippen LogP contribution in [0.5, 0.6) is 0 Å². The highest BCUT2D eigenvalue weighted by atomic mass is 32.2. The number of aromatic nitrogens is 4. The third kappa shape index (κ3) is 4.17. The van der Waals surface area contributed by atoms with E-state index in [0.29, 0.717) is 0 Å². The molecule has 0 aromatic carbocycles. The van der Waals surface area contributed by atoms with Crippen LogP contribution in [0.1, 0.15) is 24.7 Å². The first-order valence-electron chi connectivity index (χ1n) is 6.23. The van der Waals surface area contributed by atoms with E-state index in [0.717, 1.165) is 40.4 Å². The molecule has 0 spiro atoms. The number of hydrogen-bond acceptors (Lipinski definition) is 6. The quantitative estimate of drug-likeness (QED) is 0.668. The first kappa shape index (κ1) is 13.7. The summed E-state index contributed by atoms with van der Waals surface area (Å²) in [5, 5.41) is 4.80. The predicted octanol–water partition coefficient (Wildman–Crippen LogP) is 2.86. The van der Waals surface area contributed by atoms with Crippen LogP contribution < -0.4 is 5.32 Å². The minimum absolute atomic E-state index is 0.720. The third-order valence-corrected chi connectivity index (χ3v) is 3.15. The fraction of sp³-hybridized carbons (Fsp3) is 0.385. The number of hydrogen-bond donors (Lipinski definition) is 1. The Morgan fingerprint density at radius 3 is 2.53 bits per heavy atom. The molecular weight excluding hydrogens is 258 g/mol. The van der Waals surface area contributed by atoms with Crippen LogP contribution in [0.4, 0.5) is 5.82 Å². The zero-order valence-corrected chi connectivity index (χ0v) is 12.2. The SMILES string of the molecule is CCCNc1cc(Sc2nc(C)cc(C)n2)ncn1. The number of rotatable bonds is 5. The molecule has 0 saturated carbocycles. The second-order valence-corrected chi connectivity index (χ2v) is 5.19. The van der Waals surface area contributed by atoms with Gasteiger partial charge in [0, 0.05) is 24.0 Å². The number of nitrogens with one attached hydrogen (secondary N) is 1. The first-order chi connectivity index (χ1) is 9.17. The smallest absolute Gasteiger partial charge is 0.194 e. The van der Waals surface area contributed by atoms with Gasteiger partial charge in [-0.3, -0.25) is 0 Å². The van der Waals surface area contributed by atoms with Crippen molar-refractivity contribution in [3.63, 3.8) is 0 Å². The number of nitrogens with zero attached hydrogens (tertiary/aromatic N) is 4. The molecule has 0 fully saturated rings. The second-order valence-electron chi connectivity index (χ2n) is 4.20. The number of aryl methyl sites for hydroxylation is 2. The Kier molecular flexibility index (Phi) is 4.68. The molecule has 2 aromatic rings. The van der Waals surface area contributed by atoms with Crippen molar-refractivity contribution in [2.75, 3.05) is 11.9 Å². The average Bonchev–Trinajstić information content (AvgIpc) is 2.35. The van der Waals surface area contributed by atoms with E-state index >= 15 is 0 Å². The average molecular weight is 275 g/mol. The van der Waals surface area contributed by atoms with Crippen LogP contribution >= 0.6 is 11.8 Å². The predicted molar refractivity (Wildman–Crippen MR) is 76.4 cm³/mol. The summed E-state index contributed by atoms with van der Waals surface area (Å²) in [6.07, 6.45) is 2.62. The van der Waals surface area contributed by atoms with Gasteiger partial charge in [-0.25, -0.2) is 19.9 Å². The van der Waals surface area contributed by atoms with Gasteiger partial charge in [0.05, 0.1) is 0 Å². The minimum atomic E-state index is 0.720. The molecule has 19 heavy (non-hydrogen) atoms. The Morgan fingerprint density at radius 1 is 1.11 bits per heavy atom. The van der Waals surface area contributed by atoms with Gasteiger partial charge in [-0.15, -0.1) is 0 Å². The van der Waals surface area contributed by atoms with Gasteiger partial charge in [0.25, 0.3) is 0 Å². The Labute approximate surface area is 117 Å². The molecule has 0 bridgehead atoms. The maximum Gasteiger partial charge on any atom is 0.194 e. The second kappa shape index (κ2) is 6.47. The molecule has 2 aromatic heterocycles. The maximum atomic E-state index is 4.39. The van der Waals surface area contributed by atoms with Crippen LogP contribution in [0.3, 0.4) is 0 Å². The fourth-order valence-corrected chi connectivity index (χ4v) is 2.41. The standard InChI is InChI=1S/C13H17N5S/c1-4-5-14-11-7-12(16-8-15-11)19-13-17-9(2)6-10(3)18-13/h6-8H,4-5H2,1-3H3,(H,14,15,16). The van der Waals surface area contributed by atoms with E-state index in [1.54, 1.807) is 6.33 Å². The molecule has 5 nitrogen and oxygen atoms in total. The van der Waals surface area contributed by atoms with E-state index in [9.17, 15) is 0 Å². The highest BCUT2D eigenvalue weighted by Crippen LogP contribution is 2.24. The first-order valence-corrected chi connectivity index (χ1v) is 7.05. The Bertz CT molecular complexity index is 538. The molecule has 1 N–H and O–H groups in total. The van der Waals surface area contributed by atoms with Crippen molar-refractivity contribution >= 4 is 17.6 Å². The highest BCUT2D eigenvalue weighted by molar-refractivity contribution is 7.99. The molecule has 0 aliphatic heterocycles. The van der Waals surface area contributed by atoms with Crippen molar-refractivity contribution in [1.29, 1.82) is 0 Å². The lowest BCUT2D eigenvalue weighted by molar-refractivity contribution is 0.896. The van der Waals surface area contributed by atoms with E-state index in [2.05, 4.69) is 32.2 Å². The Balaban J connectivity index is 2.13.